The van der Waals surface area contributed by atoms with Crippen molar-refractivity contribution < 1.29 is 0 Å². The highest BCUT2D eigenvalue weighted by Gasteiger charge is 2.15. The van der Waals surface area contributed by atoms with Gasteiger partial charge in [0, 0.05) is 15.8 Å². The summed E-state index contributed by atoms with van der Waals surface area (Å²) in [5.74, 6) is 0. The first kappa shape index (κ1) is 13.1. The molecule has 0 aliphatic rings. The van der Waals surface area contributed by atoms with Crippen LogP contribution in [-0.2, 0) is 6.42 Å². The van der Waals surface area contributed by atoms with Crippen LogP contribution in [0.15, 0.2) is 29.0 Å². The topological polar surface area (TPSA) is 12.0 Å². The molecular formula is C13H16ClNS2. The molecule has 0 aliphatic carbocycles. The van der Waals surface area contributed by atoms with Gasteiger partial charge >= 0.3 is 0 Å². The molecule has 0 saturated heterocycles. The van der Waals surface area contributed by atoms with E-state index in [1.54, 1.807) is 11.3 Å². The Morgan fingerprint density at radius 2 is 2.18 bits per heavy atom. The lowest BCUT2D eigenvalue weighted by Crippen LogP contribution is -2.20. The van der Waals surface area contributed by atoms with Crippen LogP contribution in [0.3, 0.4) is 0 Å². The van der Waals surface area contributed by atoms with Gasteiger partial charge in [-0.15, -0.1) is 22.7 Å². The van der Waals surface area contributed by atoms with Gasteiger partial charge < -0.3 is 5.32 Å². The number of halogens is 1. The lowest BCUT2D eigenvalue weighted by molar-refractivity contribution is 0.525. The zero-order valence-electron chi connectivity index (χ0n) is 9.78. The summed E-state index contributed by atoms with van der Waals surface area (Å²) >= 11 is 9.77. The molecule has 1 atom stereocenters. The van der Waals surface area contributed by atoms with E-state index in [0.717, 1.165) is 24.4 Å². The van der Waals surface area contributed by atoms with Crippen molar-refractivity contribution >= 4 is 34.3 Å². The van der Waals surface area contributed by atoms with Gasteiger partial charge in [-0.25, -0.2) is 0 Å². The minimum absolute atomic E-state index is 0.384. The van der Waals surface area contributed by atoms with Gasteiger partial charge in [0.15, 0.2) is 0 Å². The summed E-state index contributed by atoms with van der Waals surface area (Å²) in [6.45, 7) is 3.11. The molecule has 0 fully saturated rings. The van der Waals surface area contributed by atoms with Crippen molar-refractivity contribution in [1.82, 2.24) is 5.32 Å². The fourth-order valence-electron chi connectivity index (χ4n) is 1.87. The summed E-state index contributed by atoms with van der Waals surface area (Å²) in [7, 11) is 0. The summed E-state index contributed by atoms with van der Waals surface area (Å²) in [4.78, 5) is 2.71. The van der Waals surface area contributed by atoms with Crippen LogP contribution in [0.5, 0.6) is 0 Å². The smallest absolute Gasteiger partial charge is 0.0561 e. The van der Waals surface area contributed by atoms with Crippen LogP contribution in [0.25, 0.3) is 0 Å². The molecule has 0 aromatic carbocycles. The van der Waals surface area contributed by atoms with Crippen molar-refractivity contribution in [3.05, 3.63) is 43.7 Å². The number of rotatable bonds is 6. The number of hydrogen-bond acceptors (Lipinski definition) is 3. The van der Waals surface area contributed by atoms with E-state index >= 15 is 0 Å². The van der Waals surface area contributed by atoms with Gasteiger partial charge in [0.05, 0.1) is 5.02 Å². The minimum atomic E-state index is 0.384. The molecule has 0 aliphatic heterocycles. The van der Waals surface area contributed by atoms with Gasteiger partial charge in [-0.05, 0) is 42.3 Å². The maximum absolute atomic E-state index is 6.20. The molecule has 2 aromatic heterocycles. The Labute approximate surface area is 115 Å². The van der Waals surface area contributed by atoms with Crippen molar-refractivity contribution in [3.8, 4) is 0 Å². The van der Waals surface area contributed by atoms with Crippen LogP contribution >= 0.6 is 34.3 Å². The van der Waals surface area contributed by atoms with E-state index in [9.17, 15) is 0 Å². The van der Waals surface area contributed by atoms with Gasteiger partial charge in [-0.1, -0.05) is 24.6 Å². The van der Waals surface area contributed by atoms with Gasteiger partial charge in [0.25, 0.3) is 0 Å². The summed E-state index contributed by atoms with van der Waals surface area (Å²) < 4.78 is 0. The molecule has 0 bridgehead atoms. The summed E-state index contributed by atoms with van der Waals surface area (Å²) in [6.07, 6.45) is 2.22. The molecule has 2 aromatic rings. The molecule has 0 saturated carbocycles. The lowest BCUT2D eigenvalue weighted by Gasteiger charge is -2.16. The number of thiophene rings is 2. The zero-order chi connectivity index (χ0) is 12.1. The van der Waals surface area contributed by atoms with E-state index in [0.29, 0.717) is 6.04 Å². The number of nitrogens with one attached hydrogen (secondary N) is 1. The van der Waals surface area contributed by atoms with E-state index in [-0.39, 0.29) is 0 Å². The molecule has 92 valence electrons. The second kappa shape index (κ2) is 6.55. The first-order chi connectivity index (χ1) is 8.31. The van der Waals surface area contributed by atoms with Gasteiger partial charge in [-0.3, -0.25) is 0 Å². The quantitative estimate of drug-likeness (QED) is 0.808. The molecular weight excluding hydrogens is 270 g/mol. The Kier molecular flexibility index (Phi) is 5.04. The maximum Gasteiger partial charge on any atom is 0.0561 e. The predicted molar refractivity (Wildman–Crippen MR) is 78.4 cm³/mol. The molecule has 2 heterocycles. The molecule has 0 amide bonds. The highest BCUT2D eigenvalue weighted by molar-refractivity contribution is 7.10. The van der Waals surface area contributed by atoms with Gasteiger partial charge in [0.2, 0.25) is 0 Å². The molecule has 2 rings (SSSR count). The van der Waals surface area contributed by atoms with Crippen LogP contribution in [0, 0.1) is 0 Å². The monoisotopic (exact) mass is 285 g/mol. The molecule has 4 heteroatoms. The number of aryl methyl sites for hydroxylation is 1. The van der Waals surface area contributed by atoms with E-state index in [4.69, 9.17) is 11.6 Å². The summed E-state index contributed by atoms with van der Waals surface area (Å²) in [5, 5.41) is 8.61. The third-order valence-electron chi connectivity index (χ3n) is 2.67. The minimum Gasteiger partial charge on any atom is -0.309 e. The molecule has 0 radical (unpaired) electrons. The molecule has 1 N–H and O–H groups in total. The average molecular weight is 286 g/mol. The normalized spacial score (nSPS) is 12.8. The Hall–Kier alpha value is -0.350. The zero-order valence-corrected chi connectivity index (χ0v) is 12.2. The predicted octanol–water partition coefficient (Wildman–Crippen LogP) is 4.75. The Morgan fingerprint density at radius 1 is 1.29 bits per heavy atom. The van der Waals surface area contributed by atoms with Crippen LogP contribution in [-0.4, -0.2) is 6.54 Å². The van der Waals surface area contributed by atoms with Gasteiger partial charge in [0.1, 0.15) is 0 Å². The lowest BCUT2D eigenvalue weighted by atomic mass is 10.1. The van der Waals surface area contributed by atoms with Crippen molar-refractivity contribution in [2.45, 2.75) is 25.8 Å². The Morgan fingerprint density at radius 3 is 2.76 bits per heavy atom. The summed E-state index contributed by atoms with van der Waals surface area (Å²) in [5.41, 5.74) is 0. The standard InChI is InChI=1S/C13H16ClNS2/c1-2-15-12(13-11(14)7-9-17-13)6-5-10-4-3-8-16-10/h3-4,7-9,12,15H,2,5-6H2,1H3. The van der Waals surface area contributed by atoms with Crippen molar-refractivity contribution in [2.24, 2.45) is 0 Å². The van der Waals surface area contributed by atoms with Crippen LogP contribution < -0.4 is 5.32 Å². The van der Waals surface area contributed by atoms with Crippen LogP contribution in [0.2, 0.25) is 5.02 Å². The SMILES string of the molecule is CCNC(CCc1cccs1)c1sccc1Cl. The van der Waals surface area contributed by atoms with E-state index < -0.39 is 0 Å². The second-order valence-corrected chi connectivity index (χ2v) is 6.25. The second-order valence-electron chi connectivity index (χ2n) is 3.86. The Balaban J connectivity index is 2.00. The highest BCUT2D eigenvalue weighted by Crippen LogP contribution is 2.31. The van der Waals surface area contributed by atoms with E-state index in [2.05, 4.69) is 35.1 Å². The fraction of sp³-hybridized carbons (Fsp3) is 0.385. The molecule has 1 unspecified atom stereocenters. The van der Waals surface area contributed by atoms with Crippen molar-refractivity contribution in [2.75, 3.05) is 6.54 Å². The largest absolute Gasteiger partial charge is 0.309 e. The van der Waals surface area contributed by atoms with Crippen LogP contribution in [0.4, 0.5) is 0 Å². The van der Waals surface area contributed by atoms with E-state index in [1.165, 1.54) is 9.75 Å². The fourth-order valence-corrected chi connectivity index (χ4v) is 3.89. The third kappa shape index (κ3) is 3.55. The average Bonchev–Trinajstić information content (AvgIpc) is 2.95. The van der Waals surface area contributed by atoms with Gasteiger partial charge in [-0.2, -0.15) is 0 Å². The first-order valence-electron chi connectivity index (χ1n) is 5.80. The van der Waals surface area contributed by atoms with Crippen molar-refractivity contribution in [1.29, 1.82) is 0 Å². The van der Waals surface area contributed by atoms with E-state index in [1.807, 2.05) is 17.4 Å². The third-order valence-corrected chi connectivity index (χ3v) is 5.08. The highest BCUT2D eigenvalue weighted by atomic mass is 35.5. The van der Waals surface area contributed by atoms with Crippen LogP contribution in [0.1, 0.15) is 29.1 Å². The first-order valence-corrected chi connectivity index (χ1v) is 7.93. The number of hydrogen-bond donors (Lipinski definition) is 1. The summed E-state index contributed by atoms with van der Waals surface area (Å²) in [6, 6.07) is 6.68. The molecule has 0 spiro atoms. The molecule has 17 heavy (non-hydrogen) atoms. The molecule has 1 nitrogen and oxygen atoms in total. The van der Waals surface area contributed by atoms with Crippen molar-refractivity contribution in [3.63, 3.8) is 0 Å². The maximum atomic E-state index is 6.20. The Bertz CT molecular complexity index is 436.